The molecule has 0 aromatic carbocycles. The highest BCUT2D eigenvalue weighted by atomic mass is 32.2. The van der Waals surface area contributed by atoms with Crippen LogP contribution in [0.3, 0.4) is 0 Å². The number of hydrogen-bond acceptors (Lipinski definition) is 4. The quantitative estimate of drug-likeness (QED) is 0.585. The summed E-state index contributed by atoms with van der Waals surface area (Å²) < 4.78 is 0. The van der Waals surface area contributed by atoms with Crippen molar-refractivity contribution in [2.45, 2.75) is 12.1 Å². The van der Waals surface area contributed by atoms with Crippen LogP contribution in [0.25, 0.3) is 11.3 Å². The third-order valence-electron chi connectivity index (χ3n) is 1.86. The van der Waals surface area contributed by atoms with Gasteiger partial charge < -0.3 is 0 Å². The fourth-order valence-electron chi connectivity index (χ4n) is 1.21. The van der Waals surface area contributed by atoms with Crippen LogP contribution in [0.5, 0.6) is 0 Å². The summed E-state index contributed by atoms with van der Waals surface area (Å²) in [6.45, 7) is 2.09. The van der Waals surface area contributed by atoms with E-state index >= 15 is 0 Å². The Labute approximate surface area is 93.0 Å². The molecule has 15 heavy (non-hydrogen) atoms. The van der Waals surface area contributed by atoms with Crippen molar-refractivity contribution in [3.63, 3.8) is 0 Å². The molecule has 0 aliphatic rings. The van der Waals surface area contributed by atoms with Crippen LogP contribution in [0.2, 0.25) is 0 Å². The minimum absolute atomic E-state index is 0.818. The van der Waals surface area contributed by atoms with E-state index in [9.17, 15) is 0 Å². The maximum Gasteiger partial charge on any atom is 0.188 e. The molecule has 3 nitrogen and oxygen atoms in total. The highest BCUT2D eigenvalue weighted by Gasteiger charge is 2.01. The van der Waals surface area contributed by atoms with Crippen molar-refractivity contribution >= 4 is 11.8 Å². The van der Waals surface area contributed by atoms with Gasteiger partial charge in [0.05, 0.1) is 5.69 Å². The first kappa shape index (κ1) is 10.1. The lowest BCUT2D eigenvalue weighted by Gasteiger charge is -2.01. The van der Waals surface area contributed by atoms with Gasteiger partial charge in [0.2, 0.25) is 0 Å². The third-order valence-corrected chi connectivity index (χ3v) is 2.61. The Morgan fingerprint density at radius 2 is 2.20 bits per heavy atom. The van der Waals surface area contributed by atoms with Gasteiger partial charge in [-0.05, 0) is 24.0 Å². The van der Waals surface area contributed by atoms with E-state index in [1.165, 1.54) is 0 Å². The van der Waals surface area contributed by atoms with E-state index in [1.807, 2.05) is 24.4 Å². The van der Waals surface area contributed by atoms with Crippen molar-refractivity contribution in [3.8, 4) is 11.3 Å². The summed E-state index contributed by atoms with van der Waals surface area (Å²) in [5, 5.41) is 0.818. The zero-order valence-corrected chi connectivity index (χ0v) is 9.24. The molecule has 2 aromatic rings. The van der Waals surface area contributed by atoms with Crippen LogP contribution in [-0.2, 0) is 0 Å². The SMILES string of the molecule is CCSc1nccc(-c2cccnc2)n1. The van der Waals surface area contributed by atoms with E-state index < -0.39 is 0 Å². The molecular formula is C11H11N3S. The van der Waals surface area contributed by atoms with E-state index in [0.29, 0.717) is 0 Å². The van der Waals surface area contributed by atoms with Crippen molar-refractivity contribution in [2.24, 2.45) is 0 Å². The highest BCUT2D eigenvalue weighted by molar-refractivity contribution is 7.99. The maximum absolute atomic E-state index is 4.44. The second kappa shape index (κ2) is 4.89. The van der Waals surface area contributed by atoms with Crippen LogP contribution in [-0.4, -0.2) is 20.7 Å². The minimum Gasteiger partial charge on any atom is -0.264 e. The molecule has 0 saturated carbocycles. The Bertz CT molecular complexity index is 431. The summed E-state index contributed by atoms with van der Waals surface area (Å²) in [7, 11) is 0. The molecule has 0 atom stereocenters. The molecule has 0 unspecified atom stereocenters. The zero-order chi connectivity index (χ0) is 10.5. The Hall–Kier alpha value is -1.42. The summed E-state index contributed by atoms with van der Waals surface area (Å²) in [6.07, 6.45) is 5.35. The number of aromatic nitrogens is 3. The Kier molecular flexibility index (Phi) is 3.29. The lowest BCUT2D eigenvalue weighted by Crippen LogP contribution is -1.90. The molecule has 2 heterocycles. The summed E-state index contributed by atoms with van der Waals surface area (Å²) in [6, 6.07) is 5.80. The number of hydrogen-bond donors (Lipinski definition) is 0. The molecule has 0 spiro atoms. The summed E-state index contributed by atoms with van der Waals surface area (Å²) in [5.41, 5.74) is 1.95. The molecule has 0 saturated heterocycles. The fourth-order valence-corrected chi connectivity index (χ4v) is 1.77. The van der Waals surface area contributed by atoms with Gasteiger partial charge >= 0.3 is 0 Å². The minimum atomic E-state index is 0.818. The standard InChI is InChI=1S/C11H11N3S/c1-2-15-11-13-7-5-10(14-11)9-4-3-6-12-8-9/h3-8H,2H2,1H3. The number of nitrogens with zero attached hydrogens (tertiary/aromatic N) is 3. The Balaban J connectivity index is 2.33. The molecule has 2 aromatic heterocycles. The first-order chi connectivity index (χ1) is 7.40. The third kappa shape index (κ3) is 2.53. The van der Waals surface area contributed by atoms with Crippen molar-refractivity contribution in [3.05, 3.63) is 36.8 Å². The second-order valence-electron chi connectivity index (χ2n) is 2.90. The molecular weight excluding hydrogens is 206 g/mol. The molecule has 0 fully saturated rings. The summed E-state index contributed by atoms with van der Waals surface area (Å²) in [4.78, 5) is 12.7. The predicted octanol–water partition coefficient (Wildman–Crippen LogP) is 2.65. The zero-order valence-electron chi connectivity index (χ0n) is 8.42. The van der Waals surface area contributed by atoms with Crippen LogP contribution >= 0.6 is 11.8 Å². The van der Waals surface area contributed by atoms with Gasteiger partial charge in [-0.25, -0.2) is 9.97 Å². The molecule has 0 aliphatic carbocycles. The topological polar surface area (TPSA) is 38.7 Å². The van der Waals surface area contributed by atoms with Gasteiger partial charge in [-0.15, -0.1) is 0 Å². The molecule has 2 rings (SSSR count). The van der Waals surface area contributed by atoms with E-state index in [0.717, 1.165) is 22.2 Å². The summed E-state index contributed by atoms with van der Waals surface area (Å²) >= 11 is 1.64. The van der Waals surface area contributed by atoms with Crippen molar-refractivity contribution in [1.29, 1.82) is 0 Å². The number of rotatable bonds is 3. The van der Waals surface area contributed by atoms with E-state index in [2.05, 4.69) is 21.9 Å². The molecule has 76 valence electrons. The van der Waals surface area contributed by atoms with Crippen molar-refractivity contribution in [1.82, 2.24) is 15.0 Å². The fraction of sp³-hybridized carbons (Fsp3) is 0.182. The maximum atomic E-state index is 4.44. The van der Waals surface area contributed by atoms with E-state index in [4.69, 9.17) is 0 Å². The van der Waals surface area contributed by atoms with Gasteiger partial charge in [-0.1, -0.05) is 18.7 Å². The van der Waals surface area contributed by atoms with Gasteiger partial charge in [0.15, 0.2) is 5.16 Å². The van der Waals surface area contributed by atoms with Crippen molar-refractivity contribution < 1.29 is 0 Å². The predicted molar refractivity (Wildman–Crippen MR) is 61.7 cm³/mol. The largest absolute Gasteiger partial charge is 0.264 e. The smallest absolute Gasteiger partial charge is 0.188 e. The van der Waals surface area contributed by atoms with Crippen molar-refractivity contribution in [2.75, 3.05) is 5.75 Å². The second-order valence-corrected chi connectivity index (χ2v) is 4.13. The molecule has 0 bridgehead atoms. The lowest BCUT2D eigenvalue weighted by atomic mass is 10.2. The van der Waals surface area contributed by atoms with Gasteiger partial charge in [0, 0.05) is 24.2 Å². The lowest BCUT2D eigenvalue weighted by molar-refractivity contribution is 0.972. The normalized spacial score (nSPS) is 10.2. The van der Waals surface area contributed by atoms with Crippen LogP contribution < -0.4 is 0 Å². The Morgan fingerprint density at radius 3 is 2.93 bits per heavy atom. The van der Waals surface area contributed by atoms with Crippen LogP contribution in [0, 0.1) is 0 Å². The van der Waals surface area contributed by atoms with Gasteiger partial charge in [0.25, 0.3) is 0 Å². The highest BCUT2D eigenvalue weighted by Crippen LogP contribution is 2.18. The average molecular weight is 217 g/mol. The molecule has 0 N–H and O–H groups in total. The molecule has 0 aliphatic heterocycles. The van der Waals surface area contributed by atoms with Gasteiger partial charge in [-0.3, -0.25) is 4.98 Å². The van der Waals surface area contributed by atoms with Gasteiger partial charge in [-0.2, -0.15) is 0 Å². The summed E-state index contributed by atoms with van der Waals surface area (Å²) in [5.74, 6) is 0.983. The van der Waals surface area contributed by atoms with Crippen LogP contribution in [0.1, 0.15) is 6.92 Å². The van der Waals surface area contributed by atoms with E-state index in [-0.39, 0.29) is 0 Å². The number of pyridine rings is 1. The van der Waals surface area contributed by atoms with Crippen LogP contribution in [0.15, 0.2) is 41.9 Å². The first-order valence-corrected chi connectivity index (χ1v) is 5.75. The van der Waals surface area contributed by atoms with E-state index in [1.54, 1.807) is 24.2 Å². The average Bonchev–Trinajstić information content (AvgIpc) is 2.31. The first-order valence-electron chi connectivity index (χ1n) is 4.76. The molecule has 0 amide bonds. The monoisotopic (exact) mass is 217 g/mol. The van der Waals surface area contributed by atoms with Gasteiger partial charge in [0.1, 0.15) is 0 Å². The number of thioether (sulfide) groups is 1. The van der Waals surface area contributed by atoms with Crippen LogP contribution in [0.4, 0.5) is 0 Å². The molecule has 0 radical (unpaired) electrons. The Morgan fingerprint density at radius 1 is 1.27 bits per heavy atom. The molecule has 4 heteroatoms.